The second-order valence-corrected chi connectivity index (χ2v) is 9.43. The predicted molar refractivity (Wildman–Crippen MR) is 135 cm³/mol. The number of likely N-dealkylation sites (tertiary alicyclic amines) is 1. The fraction of sp³-hybridized carbons (Fsp3) is 0.250. The molecule has 0 spiro atoms. The Hall–Kier alpha value is -4.13. The van der Waals surface area contributed by atoms with Crippen molar-refractivity contribution in [2.24, 2.45) is 11.8 Å². The topological polar surface area (TPSA) is 85.8 Å². The molecule has 1 saturated carbocycles. The maximum absolute atomic E-state index is 12.1. The van der Waals surface area contributed by atoms with E-state index in [9.17, 15) is 4.79 Å². The van der Waals surface area contributed by atoms with E-state index in [2.05, 4.69) is 16.0 Å². The van der Waals surface area contributed by atoms with Crippen LogP contribution in [-0.4, -0.2) is 38.3 Å². The molecule has 35 heavy (non-hydrogen) atoms. The van der Waals surface area contributed by atoms with Crippen LogP contribution in [0.4, 0.5) is 5.82 Å². The molecule has 1 aliphatic heterocycles. The van der Waals surface area contributed by atoms with Crippen LogP contribution in [0, 0.1) is 11.8 Å². The summed E-state index contributed by atoms with van der Waals surface area (Å²) in [5, 5.41) is 0. The number of fused-ring (bicyclic) bond motifs is 2. The van der Waals surface area contributed by atoms with E-state index < -0.39 is 0 Å². The van der Waals surface area contributed by atoms with Crippen molar-refractivity contribution in [2.45, 2.75) is 18.8 Å². The Morgan fingerprint density at radius 2 is 1.71 bits per heavy atom. The van der Waals surface area contributed by atoms with Gasteiger partial charge in [-0.25, -0.2) is 9.97 Å². The molecule has 3 heterocycles. The van der Waals surface area contributed by atoms with Crippen LogP contribution < -0.4 is 10.5 Å². The molecule has 2 fully saturated rings. The fourth-order valence-corrected chi connectivity index (χ4v) is 5.70. The molecule has 2 atom stereocenters. The molecule has 4 aromatic rings. The van der Waals surface area contributed by atoms with Gasteiger partial charge in [-0.05, 0) is 67.2 Å². The van der Waals surface area contributed by atoms with Gasteiger partial charge in [0.2, 0.25) is 5.91 Å². The van der Waals surface area contributed by atoms with Crippen molar-refractivity contribution in [3.05, 3.63) is 85.5 Å². The molecule has 1 saturated heterocycles. The van der Waals surface area contributed by atoms with Gasteiger partial charge in [0.25, 0.3) is 0 Å². The van der Waals surface area contributed by atoms with Gasteiger partial charge < -0.3 is 15.4 Å². The van der Waals surface area contributed by atoms with E-state index in [-0.39, 0.29) is 5.91 Å². The zero-order chi connectivity index (χ0) is 23.9. The number of para-hydroxylation sites is 1. The van der Waals surface area contributed by atoms with Crippen LogP contribution >= 0.6 is 0 Å². The minimum atomic E-state index is 0.0306. The first-order valence-electron chi connectivity index (χ1n) is 12.0. The van der Waals surface area contributed by atoms with E-state index in [0.29, 0.717) is 23.6 Å². The summed E-state index contributed by atoms with van der Waals surface area (Å²) in [6, 6.07) is 17.6. The summed E-state index contributed by atoms with van der Waals surface area (Å²) in [5.74, 6) is 4.37. The number of carbonyl (C=O) groups is 1. The lowest BCUT2D eigenvalue weighted by Crippen LogP contribution is -2.28. The molecule has 1 amide bonds. The molecule has 2 aliphatic rings. The quantitative estimate of drug-likeness (QED) is 0.423. The summed E-state index contributed by atoms with van der Waals surface area (Å²) >= 11 is 0. The Labute approximate surface area is 203 Å². The lowest BCUT2D eigenvalue weighted by molar-refractivity contribution is -0.125. The number of nitrogens with two attached hydrogens (primary N) is 1. The third kappa shape index (κ3) is 3.83. The Morgan fingerprint density at radius 3 is 2.40 bits per heavy atom. The van der Waals surface area contributed by atoms with Crippen molar-refractivity contribution in [1.29, 1.82) is 0 Å². The Balaban J connectivity index is 1.30. The Bertz CT molecular complexity index is 1380. The van der Waals surface area contributed by atoms with Crippen LogP contribution in [0.5, 0.6) is 11.5 Å². The first kappa shape index (κ1) is 21.4. The van der Waals surface area contributed by atoms with Crippen molar-refractivity contribution < 1.29 is 9.53 Å². The van der Waals surface area contributed by atoms with Crippen LogP contribution in [0.3, 0.4) is 0 Å². The van der Waals surface area contributed by atoms with Gasteiger partial charge in [-0.15, -0.1) is 0 Å². The van der Waals surface area contributed by atoms with E-state index in [1.54, 1.807) is 6.20 Å². The van der Waals surface area contributed by atoms with Crippen molar-refractivity contribution in [2.75, 3.05) is 18.8 Å². The van der Waals surface area contributed by atoms with Crippen LogP contribution in [0.2, 0.25) is 0 Å². The van der Waals surface area contributed by atoms with Crippen LogP contribution in [0.25, 0.3) is 16.8 Å². The molecule has 6 rings (SSSR count). The second kappa shape index (κ2) is 8.58. The van der Waals surface area contributed by atoms with Crippen molar-refractivity contribution in [3.63, 3.8) is 0 Å². The van der Waals surface area contributed by atoms with Gasteiger partial charge in [0.1, 0.15) is 34.4 Å². The molecule has 7 heteroatoms. The van der Waals surface area contributed by atoms with Gasteiger partial charge in [0, 0.05) is 37.0 Å². The summed E-state index contributed by atoms with van der Waals surface area (Å²) in [6.07, 6.45) is 7.12. The van der Waals surface area contributed by atoms with E-state index in [1.165, 1.54) is 6.08 Å². The number of nitrogen functional groups attached to an aromatic ring is 1. The van der Waals surface area contributed by atoms with E-state index in [1.807, 2.05) is 65.7 Å². The first-order valence-corrected chi connectivity index (χ1v) is 12.0. The lowest BCUT2D eigenvalue weighted by Gasteiger charge is -2.17. The molecule has 2 aromatic carbocycles. The van der Waals surface area contributed by atoms with Gasteiger partial charge in [-0.2, -0.15) is 0 Å². The molecule has 1 aliphatic carbocycles. The number of ether oxygens (including phenoxy) is 1. The number of hydrogen-bond donors (Lipinski definition) is 1. The van der Waals surface area contributed by atoms with Crippen molar-refractivity contribution in [1.82, 2.24) is 19.3 Å². The highest BCUT2D eigenvalue weighted by atomic mass is 16.5. The van der Waals surface area contributed by atoms with Gasteiger partial charge in [-0.1, -0.05) is 24.8 Å². The van der Waals surface area contributed by atoms with Crippen LogP contribution in [-0.2, 0) is 4.79 Å². The molecule has 7 nitrogen and oxygen atoms in total. The zero-order valence-electron chi connectivity index (χ0n) is 19.4. The number of benzene rings is 2. The minimum absolute atomic E-state index is 0.0306. The molecule has 2 unspecified atom stereocenters. The second-order valence-electron chi connectivity index (χ2n) is 9.43. The molecule has 0 radical (unpaired) electrons. The zero-order valence-corrected chi connectivity index (χ0v) is 19.4. The van der Waals surface area contributed by atoms with Gasteiger partial charge >= 0.3 is 0 Å². The van der Waals surface area contributed by atoms with Crippen molar-refractivity contribution in [3.8, 4) is 22.8 Å². The maximum atomic E-state index is 12.1. The fourth-order valence-electron chi connectivity index (χ4n) is 5.70. The van der Waals surface area contributed by atoms with Gasteiger partial charge in [-0.3, -0.25) is 9.20 Å². The molecule has 2 aromatic heterocycles. The molecule has 0 bridgehead atoms. The Kier molecular flexibility index (Phi) is 5.25. The van der Waals surface area contributed by atoms with Crippen LogP contribution in [0.15, 0.2) is 79.6 Å². The summed E-state index contributed by atoms with van der Waals surface area (Å²) in [5.41, 5.74) is 8.98. The average molecular weight is 466 g/mol. The van der Waals surface area contributed by atoms with Gasteiger partial charge in [0.05, 0.1) is 0 Å². The van der Waals surface area contributed by atoms with Gasteiger partial charge in [0.15, 0.2) is 0 Å². The third-order valence-corrected chi connectivity index (χ3v) is 7.32. The lowest BCUT2D eigenvalue weighted by atomic mass is 10.0. The van der Waals surface area contributed by atoms with Crippen LogP contribution in [0.1, 0.15) is 24.6 Å². The van der Waals surface area contributed by atoms with Crippen molar-refractivity contribution >= 4 is 17.2 Å². The van der Waals surface area contributed by atoms with E-state index >= 15 is 0 Å². The number of anilines is 1. The maximum Gasteiger partial charge on any atom is 0.245 e. The number of hydrogen-bond acceptors (Lipinski definition) is 5. The molecular formula is C28H27N5O2. The number of carbonyl (C=O) groups excluding carboxylic acids is 1. The number of nitrogens with zero attached hydrogens (tertiary/aromatic N) is 4. The first-order chi connectivity index (χ1) is 17.1. The predicted octanol–water partition coefficient (Wildman–Crippen LogP) is 4.91. The molecule has 2 N–H and O–H groups in total. The summed E-state index contributed by atoms with van der Waals surface area (Å²) in [6.45, 7) is 5.23. The number of rotatable bonds is 5. The summed E-state index contributed by atoms with van der Waals surface area (Å²) < 4.78 is 8.05. The molecule has 176 valence electrons. The smallest absolute Gasteiger partial charge is 0.245 e. The highest BCUT2D eigenvalue weighted by Gasteiger charge is 2.43. The molecular weight excluding hydrogens is 438 g/mol. The SMILES string of the molecule is C=CC(=O)N1CC2CC(c3nc(-c4ccc(Oc5ccccc5)cc4)c4c(N)nccn34)CC2C1. The summed E-state index contributed by atoms with van der Waals surface area (Å²) in [4.78, 5) is 23.4. The number of imidazole rings is 1. The number of amides is 1. The largest absolute Gasteiger partial charge is 0.457 e. The Morgan fingerprint density at radius 1 is 1.03 bits per heavy atom. The standard InChI is InChI=1S/C28H27N5O2/c1-2-24(34)32-16-20-14-19(15-21(20)17-32)28-31-25(26-27(29)30-12-13-33(26)28)18-8-10-23(11-9-18)35-22-6-4-3-5-7-22/h2-13,19-21H,1,14-17H2,(H2,29,30). The van der Waals surface area contributed by atoms with E-state index in [0.717, 1.165) is 60.0 Å². The van der Waals surface area contributed by atoms with E-state index in [4.69, 9.17) is 15.5 Å². The monoisotopic (exact) mass is 465 g/mol. The average Bonchev–Trinajstić information content (AvgIpc) is 3.57. The minimum Gasteiger partial charge on any atom is -0.457 e. The summed E-state index contributed by atoms with van der Waals surface area (Å²) in [7, 11) is 0. The highest BCUT2D eigenvalue weighted by molar-refractivity contribution is 5.87. The third-order valence-electron chi connectivity index (χ3n) is 7.32. The number of aromatic nitrogens is 3. The normalized spacial score (nSPS) is 21.3. The highest BCUT2D eigenvalue weighted by Crippen LogP contribution is 2.47.